The predicted molar refractivity (Wildman–Crippen MR) is 97.0 cm³/mol. The number of ether oxygens (including phenoxy) is 1. The molecule has 1 saturated carbocycles. The van der Waals surface area contributed by atoms with E-state index in [2.05, 4.69) is 55.4 Å². The summed E-state index contributed by atoms with van der Waals surface area (Å²) >= 11 is 0. The van der Waals surface area contributed by atoms with Crippen LogP contribution < -0.4 is 5.32 Å². The number of likely N-dealkylation sites (N-methyl/N-ethyl adjacent to an activating group) is 1. The molecule has 0 unspecified atom stereocenters. The third-order valence-electron chi connectivity index (χ3n) is 4.06. The van der Waals surface area contributed by atoms with E-state index in [1.807, 2.05) is 0 Å². The molecule has 1 N–H and O–H groups in total. The first-order valence-corrected chi connectivity index (χ1v) is 8.81. The van der Waals surface area contributed by atoms with Crippen molar-refractivity contribution < 1.29 is 4.74 Å². The molecule has 0 bridgehead atoms. The van der Waals surface area contributed by atoms with Gasteiger partial charge in [0, 0.05) is 33.3 Å². The number of guanidine groups is 1. The van der Waals surface area contributed by atoms with Crippen LogP contribution in [0.25, 0.3) is 0 Å². The molecular weight excluding hydrogens is 286 g/mol. The van der Waals surface area contributed by atoms with Gasteiger partial charge in [-0.3, -0.25) is 4.99 Å². The van der Waals surface area contributed by atoms with Crippen LogP contribution in [0.3, 0.4) is 0 Å². The minimum atomic E-state index is 0.773. The van der Waals surface area contributed by atoms with Gasteiger partial charge in [0.15, 0.2) is 5.96 Å². The summed E-state index contributed by atoms with van der Waals surface area (Å²) in [4.78, 5) is 6.90. The van der Waals surface area contributed by atoms with Crippen molar-refractivity contribution in [1.29, 1.82) is 0 Å². The van der Waals surface area contributed by atoms with Crippen molar-refractivity contribution in [3.63, 3.8) is 0 Å². The van der Waals surface area contributed by atoms with Gasteiger partial charge in [0.05, 0.1) is 6.61 Å². The molecule has 1 aliphatic carbocycles. The Balaban J connectivity index is 1.75. The maximum atomic E-state index is 5.72. The lowest BCUT2D eigenvalue weighted by molar-refractivity contribution is 0.115. The first-order chi connectivity index (χ1) is 11.2. The van der Waals surface area contributed by atoms with Crippen LogP contribution in [0.5, 0.6) is 0 Å². The molecular formula is C19H31N3O. The van der Waals surface area contributed by atoms with Crippen molar-refractivity contribution in [1.82, 2.24) is 10.2 Å². The van der Waals surface area contributed by atoms with Crippen LogP contribution in [-0.2, 0) is 11.2 Å². The molecule has 0 amide bonds. The van der Waals surface area contributed by atoms with Crippen molar-refractivity contribution in [2.45, 2.75) is 33.1 Å². The van der Waals surface area contributed by atoms with E-state index in [1.54, 1.807) is 0 Å². The van der Waals surface area contributed by atoms with Crippen molar-refractivity contribution in [2.24, 2.45) is 10.9 Å². The average molecular weight is 317 g/mol. The molecule has 0 heterocycles. The number of hydrogen-bond donors (Lipinski definition) is 1. The molecule has 4 nitrogen and oxygen atoms in total. The molecule has 0 saturated heterocycles. The zero-order valence-corrected chi connectivity index (χ0v) is 14.8. The van der Waals surface area contributed by atoms with Gasteiger partial charge in [-0.25, -0.2) is 0 Å². The van der Waals surface area contributed by atoms with Crippen molar-refractivity contribution in [2.75, 3.05) is 39.9 Å². The summed E-state index contributed by atoms with van der Waals surface area (Å²) in [6, 6.07) is 8.65. The summed E-state index contributed by atoms with van der Waals surface area (Å²) in [7, 11) is 2.08. The molecule has 1 aliphatic rings. The molecule has 0 spiro atoms. The highest BCUT2D eigenvalue weighted by Crippen LogP contribution is 2.28. The zero-order chi connectivity index (χ0) is 16.5. The maximum absolute atomic E-state index is 5.72. The molecule has 0 aliphatic heterocycles. The van der Waals surface area contributed by atoms with Gasteiger partial charge in [0.25, 0.3) is 0 Å². The number of benzene rings is 1. The highest BCUT2D eigenvalue weighted by Gasteiger charge is 2.21. The summed E-state index contributed by atoms with van der Waals surface area (Å²) in [5.74, 6) is 1.80. The van der Waals surface area contributed by atoms with E-state index in [0.29, 0.717) is 0 Å². The number of nitrogens with zero attached hydrogens (tertiary/aromatic N) is 2. The van der Waals surface area contributed by atoms with Crippen molar-refractivity contribution >= 4 is 5.96 Å². The third kappa shape index (κ3) is 7.04. The Morgan fingerprint density at radius 3 is 2.91 bits per heavy atom. The largest absolute Gasteiger partial charge is 0.379 e. The van der Waals surface area contributed by atoms with E-state index in [9.17, 15) is 0 Å². The summed E-state index contributed by atoms with van der Waals surface area (Å²) in [5, 5.41) is 3.36. The van der Waals surface area contributed by atoms with Crippen LogP contribution >= 0.6 is 0 Å². The lowest BCUT2D eigenvalue weighted by atomic mass is 10.1. The van der Waals surface area contributed by atoms with Gasteiger partial charge < -0.3 is 15.0 Å². The number of aliphatic imine (C=N–C) groups is 1. The van der Waals surface area contributed by atoms with Gasteiger partial charge in [0.2, 0.25) is 0 Å². The van der Waals surface area contributed by atoms with E-state index in [-0.39, 0.29) is 0 Å². The second kappa shape index (κ2) is 9.56. The van der Waals surface area contributed by atoms with Crippen LogP contribution in [0.4, 0.5) is 0 Å². The van der Waals surface area contributed by atoms with Gasteiger partial charge in [-0.15, -0.1) is 0 Å². The van der Waals surface area contributed by atoms with Crippen molar-refractivity contribution in [3.05, 3.63) is 35.4 Å². The minimum Gasteiger partial charge on any atom is -0.379 e. The Morgan fingerprint density at radius 2 is 2.22 bits per heavy atom. The second-order valence-electron chi connectivity index (χ2n) is 6.41. The monoisotopic (exact) mass is 317 g/mol. The molecule has 1 aromatic carbocycles. The number of rotatable bonds is 9. The predicted octanol–water partition coefficient (Wildman–Crippen LogP) is 2.86. The second-order valence-corrected chi connectivity index (χ2v) is 6.41. The fourth-order valence-corrected chi connectivity index (χ4v) is 2.47. The molecule has 2 rings (SSSR count). The first-order valence-electron chi connectivity index (χ1n) is 8.81. The summed E-state index contributed by atoms with van der Waals surface area (Å²) in [6.07, 6.45) is 3.67. The number of aryl methyl sites for hydroxylation is 1. The van der Waals surface area contributed by atoms with Crippen molar-refractivity contribution in [3.8, 4) is 0 Å². The Hall–Kier alpha value is -1.55. The van der Waals surface area contributed by atoms with E-state index >= 15 is 0 Å². The van der Waals surface area contributed by atoms with Crippen LogP contribution in [-0.4, -0.2) is 50.8 Å². The molecule has 0 aromatic heterocycles. The Kier molecular flexibility index (Phi) is 7.40. The number of hydrogen-bond acceptors (Lipinski definition) is 2. The van der Waals surface area contributed by atoms with E-state index < -0.39 is 0 Å². The lowest BCUT2D eigenvalue weighted by Crippen LogP contribution is -2.40. The normalized spacial score (nSPS) is 14.8. The van der Waals surface area contributed by atoms with Gasteiger partial charge in [-0.1, -0.05) is 29.8 Å². The van der Waals surface area contributed by atoms with Crippen LogP contribution in [0, 0.1) is 12.8 Å². The van der Waals surface area contributed by atoms with Gasteiger partial charge in [-0.05, 0) is 44.6 Å². The molecule has 1 fully saturated rings. The van der Waals surface area contributed by atoms with Gasteiger partial charge in [0.1, 0.15) is 0 Å². The van der Waals surface area contributed by atoms with Crippen LogP contribution in [0.1, 0.15) is 30.9 Å². The van der Waals surface area contributed by atoms with E-state index in [4.69, 9.17) is 9.73 Å². The highest BCUT2D eigenvalue weighted by atomic mass is 16.5. The number of nitrogens with one attached hydrogen (secondary N) is 1. The van der Waals surface area contributed by atoms with Gasteiger partial charge >= 0.3 is 0 Å². The smallest absolute Gasteiger partial charge is 0.193 e. The van der Waals surface area contributed by atoms with E-state index in [0.717, 1.165) is 51.1 Å². The Morgan fingerprint density at radius 1 is 1.39 bits per heavy atom. The summed E-state index contributed by atoms with van der Waals surface area (Å²) < 4.78 is 5.72. The quantitative estimate of drug-likeness (QED) is 0.432. The minimum absolute atomic E-state index is 0.773. The summed E-state index contributed by atoms with van der Waals surface area (Å²) in [5.41, 5.74) is 2.66. The standard InChI is InChI=1S/C19H31N3O/c1-4-20-19(22(3)12-13-23-15-18-8-9-18)21-11-10-17-7-5-6-16(2)14-17/h5-7,14,18H,4,8-13,15H2,1-3H3,(H,20,21). The lowest BCUT2D eigenvalue weighted by Gasteiger charge is -2.22. The fourth-order valence-electron chi connectivity index (χ4n) is 2.47. The third-order valence-corrected chi connectivity index (χ3v) is 4.06. The molecule has 23 heavy (non-hydrogen) atoms. The van der Waals surface area contributed by atoms with Crippen LogP contribution in [0.2, 0.25) is 0 Å². The first kappa shape index (κ1) is 17.8. The Labute approximate surface area is 140 Å². The molecule has 0 atom stereocenters. The van der Waals surface area contributed by atoms with Crippen LogP contribution in [0.15, 0.2) is 29.3 Å². The fraction of sp³-hybridized carbons (Fsp3) is 0.632. The SMILES string of the molecule is CCNC(=NCCc1cccc(C)c1)N(C)CCOCC1CC1. The zero-order valence-electron chi connectivity index (χ0n) is 14.8. The van der Waals surface area contributed by atoms with Gasteiger partial charge in [-0.2, -0.15) is 0 Å². The average Bonchev–Trinajstić information content (AvgIpc) is 3.35. The maximum Gasteiger partial charge on any atom is 0.193 e. The van der Waals surface area contributed by atoms with E-state index in [1.165, 1.54) is 24.0 Å². The summed E-state index contributed by atoms with van der Waals surface area (Å²) in [6.45, 7) is 8.50. The molecule has 1 aromatic rings. The molecule has 0 radical (unpaired) electrons. The molecule has 4 heteroatoms. The highest BCUT2D eigenvalue weighted by molar-refractivity contribution is 5.79. The Bertz CT molecular complexity index is 497. The topological polar surface area (TPSA) is 36.9 Å². The molecule has 128 valence electrons.